The molecule has 0 aromatic heterocycles. The average Bonchev–Trinajstić information content (AvgIpc) is 2.98. The van der Waals surface area contributed by atoms with Crippen molar-refractivity contribution < 1.29 is 14.3 Å². The molecule has 0 saturated carbocycles. The third kappa shape index (κ3) is 5.00. The Balaban J connectivity index is 0.00000139. The smallest absolute Gasteiger partial charge is 0.416 e. The first-order valence-electron chi connectivity index (χ1n) is 8.63. The first-order chi connectivity index (χ1) is 11.4. The fourth-order valence-electron chi connectivity index (χ4n) is 2.42. The van der Waals surface area contributed by atoms with Gasteiger partial charge in [-0.25, -0.2) is 9.69 Å². The zero-order chi connectivity index (χ0) is 18.3. The van der Waals surface area contributed by atoms with Gasteiger partial charge < -0.3 is 4.74 Å². The predicted molar refractivity (Wildman–Crippen MR) is 99.1 cm³/mol. The first kappa shape index (κ1) is 20.6. The Hall–Kier alpha value is -1.49. The molecule has 1 fully saturated rings. The van der Waals surface area contributed by atoms with Crippen molar-refractivity contribution >= 4 is 23.8 Å². The molecule has 1 aliphatic heterocycles. The minimum absolute atomic E-state index is 0.0797. The molecule has 0 N–H and O–H groups in total. The van der Waals surface area contributed by atoms with Gasteiger partial charge in [-0.1, -0.05) is 59.7 Å². The van der Waals surface area contributed by atoms with Gasteiger partial charge in [-0.15, -0.1) is 11.8 Å². The van der Waals surface area contributed by atoms with Gasteiger partial charge in [0.25, 0.3) is 0 Å². The summed E-state index contributed by atoms with van der Waals surface area (Å²) in [6.45, 7) is 12.2. The van der Waals surface area contributed by atoms with Crippen molar-refractivity contribution in [2.45, 2.75) is 57.7 Å². The van der Waals surface area contributed by atoms with Crippen LogP contribution in [0.5, 0.6) is 0 Å². The number of benzene rings is 1. The molecule has 134 valence electrons. The van der Waals surface area contributed by atoms with Gasteiger partial charge in [-0.2, -0.15) is 0 Å². The minimum Gasteiger partial charge on any atom is -0.447 e. The van der Waals surface area contributed by atoms with Crippen LogP contribution in [0.1, 0.15) is 41.5 Å². The van der Waals surface area contributed by atoms with Crippen LogP contribution in [0.2, 0.25) is 0 Å². The van der Waals surface area contributed by atoms with E-state index in [-0.39, 0.29) is 29.0 Å². The van der Waals surface area contributed by atoms with E-state index in [0.29, 0.717) is 6.61 Å². The normalized spacial score (nSPS) is 19.4. The monoisotopic (exact) mass is 351 g/mol. The Morgan fingerprint density at radius 2 is 1.75 bits per heavy atom. The van der Waals surface area contributed by atoms with Crippen LogP contribution in [-0.2, 0) is 9.53 Å². The van der Waals surface area contributed by atoms with Crippen LogP contribution in [0.25, 0.3) is 0 Å². The molecule has 1 aromatic carbocycles. The quantitative estimate of drug-likeness (QED) is 0.713. The van der Waals surface area contributed by atoms with Crippen molar-refractivity contribution in [3.05, 3.63) is 30.3 Å². The van der Waals surface area contributed by atoms with Crippen LogP contribution in [-0.4, -0.2) is 34.8 Å². The van der Waals surface area contributed by atoms with Crippen molar-refractivity contribution in [2.75, 3.05) is 6.61 Å². The summed E-state index contributed by atoms with van der Waals surface area (Å²) in [5, 5.41) is 0.0797. The summed E-state index contributed by atoms with van der Waals surface area (Å²) in [6, 6.07) is 9.83. The van der Waals surface area contributed by atoms with E-state index in [9.17, 15) is 9.59 Å². The molecule has 5 heteroatoms. The van der Waals surface area contributed by atoms with Crippen molar-refractivity contribution in [1.82, 2.24) is 4.90 Å². The number of imide groups is 1. The minimum atomic E-state index is -0.507. The Labute approximate surface area is 149 Å². The molecule has 24 heavy (non-hydrogen) atoms. The van der Waals surface area contributed by atoms with E-state index in [1.807, 2.05) is 71.9 Å². The van der Waals surface area contributed by atoms with Crippen LogP contribution in [0.4, 0.5) is 4.79 Å². The second kappa shape index (κ2) is 9.72. The summed E-state index contributed by atoms with van der Waals surface area (Å²) in [4.78, 5) is 27.0. The van der Waals surface area contributed by atoms with Crippen molar-refractivity contribution in [3.63, 3.8) is 0 Å². The zero-order valence-electron chi connectivity index (χ0n) is 15.5. The molecule has 3 atom stereocenters. The van der Waals surface area contributed by atoms with Crippen molar-refractivity contribution in [3.8, 4) is 0 Å². The maximum Gasteiger partial charge on any atom is 0.416 e. The third-order valence-corrected chi connectivity index (χ3v) is 5.40. The average molecular weight is 352 g/mol. The number of carbonyl (C=O) groups is 2. The van der Waals surface area contributed by atoms with E-state index < -0.39 is 6.09 Å². The SMILES string of the molecule is CC.CC(C)[C@H]1COC(=O)N1C(=O)[C@H](C)C(C)Sc1ccccc1. The number of rotatable bonds is 5. The summed E-state index contributed by atoms with van der Waals surface area (Å²) in [6.07, 6.45) is -0.507. The van der Waals surface area contributed by atoms with E-state index in [4.69, 9.17) is 4.74 Å². The summed E-state index contributed by atoms with van der Waals surface area (Å²) >= 11 is 1.65. The third-order valence-electron chi connectivity index (χ3n) is 4.07. The fraction of sp³-hybridized carbons (Fsp3) is 0.579. The molecule has 0 aliphatic carbocycles. The van der Waals surface area contributed by atoms with Gasteiger partial charge in [-0.05, 0) is 18.1 Å². The van der Waals surface area contributed by atoms with Crippen LogP contribution in [0.3, 0.4) is 0 Å². The van der Waals surface area contributed by atoms with Gasteiger partial charge in [0.2, 0.25) is 5.91 Å². The van der Waals surface area contributed by atoms with Crippen LogP contribution in [0, 0.1) is 11.8 Å². The highest BCUT2D eigenvalue weighted by Crippen LogP contribution is 2.30. The lowest BCUT2D eigenvalue weighted by Crippen LogP contribution is -2.46. The van der Waals surface area contributed by atoms with Crippen LogP contribution in [0.15, 0.2) is 35.2 Å². The maximum atomic E-state index is 12.7. The standard InChI is InChI=1S/C17H23NO3S.C2H6/c1-11(2)15-10-21-17(20)18(15)16(19)12(3)13(4)22-14-8-6-5-7-9-14;1-2/h5-9,11-13,15H,10H2,1-4H3;1-2H3/t12-,13?,15-;/m1./s1. The Morgan fingerprint density at radius 3 is 2.29 bits per heavy atom. The van der Waals surface area contributed by atoms with E-state index in [1.54, 1.807) is 11.8 Å². The van der Waals surface area contributed by atoms with Crippen LogP contribution < -0.4 is 0 Å². The van der Waals surface area contributed by atoms with Gasteiger partial charge in [-0.3, -0.25) is 4.79 Å². The number of nitrogens with zero attached hydrogens (tertiary/aromatic N) is 1. The van der Waals surface area contributed by atoms with E-state index >= 15 is 0 Å². The molecule has 2 amide bonds. The highest BCUT2D eigenvalue weighted by Gasteiger charge is 2.42. The molecule has 1 unspecified atom stereocenters. The molecule has 4 nitrogen and oxygen atoms in total. The summed E-state index contributed by atoms with van der Waals surface area (Å²) < 4.78 is 5.07. The molecule has 1 aliphatic rings. The number of thioether (sulfide) groups is 1. The Kier molecular flexibility index (Phi) is 8.32. The number of amides is 2. The number of carbonyl (C=O) groups excluding carboxylic acids is 2. The highest BCUT2D eigenvalue weighted by molar-refractivity contribution is 8.00. The van der Waals surface area contributed by atoms with E-state index in [2.05, 4.69) is 0 Å². The molecule has 0 bridgehead atoms. The maximum absolute atomic E-state index is 12.7. The lowest BCUT2D eigenvalue weighted by atomic mass is 10.0. The molecule has 1 saturated heterocycles. The first-order valence-corrected chi connectivity index (χ1v) is 9.51. The number of hydrogen-bond donors (Lipinski definition) is 0. The predicted octanol–water partition coefficient (Wildman–Crippen LogP) is 4.83. The largest absolute Gasteiger partial charge is 0.447 e. The van der Waals surface area contributed by atoms with E-state index in [1.165, 1.54) is 4.90 Å². The lowest BCUT2D eigenvalue weighted by Gasteiger charge is -2.27. The summed E-state index contributed by atoms with van der Waals surface area (Å²) in [5.74, 6) is -0.200. The molecular weight excluding hydrogens is 322 g/mol. The second-order valence-electron chi connectivity index (χ2n) is 6.02. The molecular formula is C19H29NO3S. The number of hydrogen-bond acceptors (Lipinski definition) is 4. The molecule has 1 heterocycles. The van der Waals surface area contributed by atoms with Gasteiger partial charge in [0, 0.05) is 16.1 Å². The molecule has 2 rings (SSSR count). The Bertz CT molecular complexity index is 533. The zero-order valence-corrected chi connectivity index (χ0v) is 16.3. The Morgan fingerprint density at radius 1 is 1.17 bits per heavy atom. The summed E-state index contributed by atoms with van der Waals surface area (Å²) in [5.41, 5.74) is 0. The van der Waals surface area contributed by atoms with Gasteiger partial charge >= 0.3 is 6.09 Å². The second-order valence-corrected chi connectivity index (χ2v) is 7.47. The number of ether oxygens (including phenoxy) is 1. The van der Waals surface area contributed by atoms with E-state index in [0.717, 1.165) is 4.90 Å². The fourth-order valence-corrected chi connectivity index (χ4v) is 3.48. The van der Waals surface area contributed by atoms with Gasteiger partial charge in [0.05, 0.1) is 6.04 Å². The molecule has 1 aromatic rings. The lowest BCUT2D eigenvalue weighted by molar-refractivity contribution is -0.133. The number of cyclic esters (lactones) is 1. The van der Waals surface area contributed by atoms with Gasteiger partial charge in [0.1, 0.15) is 6.61 Å². The molecule has 0 spiro atoms. The van der Waals surface area contributed by atoms with Crippen LogP contribution >= 0.6 is 11.8 Å². The molecule has 0 radical (unpaired) electrons. The van der Waals surface area contributed by atoms with Crippen molar-refractivity contribution in [1.29, 1.82) is 0 Å². The van der Waals surface area contributed by atoms with Crippen molar-refractivity contribution in [2.24, 2.45) is 11.8 Å². The summed E-state index contributed by atoms with van der Waals surface area (Å²) in [7, 11) is 0. The topological polar surface area (TPSA) is 46.6 Å². The van der Waals surface area contributed by atoms with Gasteiger partial charge in [0.15, 0.2) is 0 Å². The highest BCUT2D eigenvalue weighted by atomic mass is 32.2.